The van der Waals surface area contributed by atoms with E-state index in [9.17, 15) is 8.42 Å². The fourth-order valence-electron chi connectivity index (χ4n) is 2.11. The van der Waals surface area contributed by atoms with Gasteiger partial charge in [-0.2, -0.15) is 0 Å². The predicted molar refractivity (Wildman–Crippen MR) is 75.4 cm³/mol. The Kier molecular flexibility index (Phi) is 4.56. The van der Waals surface area contributed by atoms with Crippen LogP contribution in [-0.4, -0.2) is 8.42 Å². The molecule has 3 nitrogen and oxygen atoms in total. The molecule has 0 saturated heterocycles. The van der Waals surface area contributed by atoms with E-state index in [1.807, 2.05) is 32.9 Å². The molecule has 18 heavy (non-hydrogen) atoms. The van der Waals surface area contributed by atoms with E-state index in [0.717, 1.165) is 11.1 Å². The van der Waals surface area contributed by atoms with Crippen LogP contribution in [0.5, 0.6) is 0 Å². The Hall–Kier alpha value is -0.870. The quantitative estimate of drug-likeness (QED) is 0.912. The van der Waals surface area contributed by atoms with Crippen molar-refractivity contribution in [3.05, 3.63) is 28.8 Å². The highest BCUT2D eigenvalue weighted by Gasteiger charge is 2.21. The zero-order valence-corrected chi connectivity index (χ0v) is 12.6. The van der Waals surface area contributed by atoms with Crippen molar-refractivity contribution in [1.29, 1.82) is 0 Å². The Morgan fingerprint density at radius 3 is 2.00 bits per heavy atom. The number of nitrogens with two attached hydrogens (primary N) is 1. The van der Waals surface area contributed by atoms with Crippen LogP contribution in [0.4, 0.5) is 0 Å². The maximum absolute atomic E-state index is 11.8. The summed E-state index contributed by atoms with van der Waals surface area (Å²) in [6, 6.07) is 3.95. The monoisotopic (exact) mass is 269 g/mol. The smallest absolute Gasteiger partial charge is 0.225 e. The maximum atomic E-state index is 11.8. The third-order valence-corrected chi connectivity index (χ3v) is 4.24. The minimum absolute atomic E-state index is 0.141. The third kappa shape index (κ3) is 3.12. The molecule has 0 aliphatic heterocycles. The summed E-state index contributed by atoms with van der Waals surface area (Å²) in [6.45, 7) is 10.2. The molecule has 0 aliphatic carbocycles. The lowest BCUT2D eigenvalue weighted by Gasteiger charge is -2.18. The van der Waals surface area contributed by atoms with Gasteiger partial charge in [0.25, 0.3) is 0 Å². The van der Waals surface area contributed by atoms with E-state index in [1.165, 1.54) is 5.56 Å². The molecule has 4 heteroatoms. The first-order chi connectivity index (χ1) is 8.18. The number of hydrogen-bond acceptors (Lipinski definition) is 2. The molecule has 0 amide bonds. The van der Waals surface area contributed by atoms with Gasteiger partial charge < -0.3 is 0 Å². The van der Waals surface area contributed by atoms with Gasteiger partial charge in [-0.3, -0.25) is 0 Å². The van der Waals surface area contributed by atoms with Crippen LogP contribution in [0.2, 0.25) is 0 Å². The number of rotatable bonds is 4. The lowest BCUT2D eigenvalue weighted by Crippen LogP contribution is -2.18. The van der Waals surface area contributed by atoms with Crippen LogP contribution in [0.15, 0.2) is 17.0 Å². The van der Waals surface area contributed by atoms with Gasteiger partial charge >= 0.3 is 0 Å². The lowest BCUT2D eigenvalue weighted by molar-refractivity contribution is 0.594. The summed E-state index contributed by atoms with van der Waals surface area (Å²) >= 11 is 0. The molecule has 0 saturated carbocycles. The highest BCUT2D eigenvalue weighted by Crippen LogP contribution is 2.31. The Labute approximate surface area is 110 Å². The Morgan fingerprint density at radius 2 is 1.67 bits per heavy atom. The summed E-state index contributed by atoms with van der Waals surface area (Å²) in [5.74, 6) is 0.518. The molecule has 0 fully saturated rings. The molecule has 0 aromatic heterocycles. The Morgan fingerprint density at radius 1 is 1.11 bits per heavy atom. The highest BCUT2D eigenvalue weighted by molar-refractivity contribution is 7.89. The molecular weight excluding hydrogens is 246 g/mol. The minimum Gasteiger partial charge on any atom is -0.225 e. The molecule has 0 bridgehead atoms. The third-order valence-electron chi connectivity index (χ3n) is 3.17. The number of benzene rings is 1. The molecule has 1 aromatic rings. The first-order valence-electron chi connectivity index (χ1n) is 6.38. The maximum Gasteiger partial charge on any atom is 0.238 e. The second-order valence-electron chi connectivity index (χ2n) is 5.31. The van der Waals surface area contributed by atoms with Crippen molar-refractivity contribution in [2.75, 3.05) is 0 Å². The first kappa shape index (κ1) is 15.2. The van der Waals surface area contributed by atoms with Crippen molar-refractivity contribution in [3.8, 4) is 0 Å². The predicted octanol–water partition coefficient (Wildman–Crippen LogP) is 3.14. The number of hydrogen-bond donors (Lipinski definition) is 1. The van der Waals surface area contributed by atoms with Crippen LogP contribution in [0.1, 0.15) is 63.1 Å². The summed E-state index contributed by atoms with van der Waals surface area (Å²) in [5, 5.41) is 5.37. The van der Waals surface area contributed by atoms with E-state index in [2.05, 4.69) is 13.8 Å². The molecule has 0 atom stereocenters. The average molecular weight is 269 g/mol. The van der Waals surface area contributed by atoms with Crippen molar-refractivity contribution in [2.24, 2.45) is 5.14 Å². The van der Waals surface area contributed by atoms with Crippen LogP contribution in [0, 0.1) is 0 Å². The van der Waals surface area contributed by atoms with E-state index in [-0.39, 0.29) is 5.92 Å². The van der Waals surface area contributed by atoms with Crippen molar-refractivity contribution in [1.82, 2.24) is 0 Å². The van der Waals surface area contributed by atoms with E-state index in [1.54, 1.807) is 0 Å². The van der Waals surface area contributed by atoms with Crippen LogP contribution < -0.4 is 5.14 Å². The number of sulfonamides is 1. The Balaban J connectivity index is 3.68. The van der Waals surface area contributed by atoms with Crippen LogP contribution in [0.25, 0.3) is 0 Å². The van der Waals surface area contributed by atoms with Crippen LogP contribution in [0.3, 0.4) is 0 Å². The summed E-state index contributed by atoms with van der Waals surface area (Å²) in [4.78, 5) is 0.324. The van der Waals surface area contributed by atoms with Gasteiger partial charge in [0.2, 0.25) is 10.0 Å². The molecule has 0 aliphatic rings. The first-order valence-corrected chi connectivity index (χ1v) is 7.92. The van der Waals surface area contributed by atoms with Gasteiger partial charge in [0.1, 0.15) is 0 Å². The van der Waals surface area contributed by atoms with Gasteiger partial charge in [-0.05, 0) is 34.9 Å². The molecule has 0 spiro atoms. The highest BCUT2D eigenvalue weighted by atomic mass is 32.2. The topological polar surface area (TPSA) is 60.2 Å². The van der Waals surface area contributed by atoms with Crippen molar-refractivity contribution >= 4 is 10.0 Å². The zero-order valence-electron chi connectivity index (χ0n) is 11.8. The molecule has 102 valence electrons. The molecule has 1 aromatic carbocycles. The van der Waals surface area contributed by atoms with E-state index in [4.69, 9.17) is 5.14 Å². The van der Waals surface area contributed by atoms with Gasteiger partial charge in [-0.15, -0.1) is 0 Å². The largest absolute Gasteiger partial charge is 0.238 e. The van der Waals surface area contributed by atoms with Gasteiger partial charge in [0.15, 0.2) is 0 Å². The molecule has 0 heterocycles. The summed E-state index contributed by atoms with van der Waals surface area (Å²) in [6.07, 6.45) is 0.673. The van der Waals surface area contributed by atoms with E-state index in [0.29, 0.717) is 17.2 Å². The summed E-state index contributed by atoms with van der Waals surface area (Å²) < 4.78 is 23.6. The van der Waals surface area contributed by atoms with Gasteiger partial charge in [0.05, 0.1) is 4.90 Å². The SMILES string of the molecule is CCc1cc(C(C)C)cc(C(C)C)c1S(N)(=O)=O. The fourth-order valence-corrected chi connectivity index (χ4v) is 3.30. The molecule has 1 rings (SSSR count). The van der Waals surface area contributed by atoms with Crippen LogP contribution in [-0.2, 0) is 16.4 Å². The van der Waals surface area contributed by atoms with E-state index < -0.39 is 10.0 Å². The second kappa shape index (κ2) is 5.41. The minimum atomic E-state index is -3.66. The Bertz CT molecular complexity index is 531. The van der Waals surface area contributed by atoms with Gasteiger partial charge in [0, 0.05) is 0 Å². The second-order valence-corrected chi connectivity index (χ2v) is 6.80. The number of primary sulfonamides is 1. The standard InChI is InChI=1S/C14H23NO2S/c1-6-11-7-12(9(2)3)8-13(10(4)5)14(11)18(15,16)17/h7-10H,6H2,1-5H3,(H2,15,16,17). The van der Waals surface area contributed by atoms with Crippen molar-refractivity contribution in [3.63, 3.8) is 0 Å². The fraction of sp³-hybridized carbons (Fsp3) is 0.571. The van der Waals surface area contributed by atoms with Crippen molar-refractivity contribution < 1.29 is 8.42 Å². The lowest BCUT2D eigenvalue weighted by atomic mass is 9.92. The molecular formula is C14H23NO2S. The summed E-state index contributed by atoms with van der Waals surface area (Å²) in [5.41, 5.74) is 2.83. The zero-order chi connectivity index (χ0) is 14.1. The van der Waals surface area contributed by atoms with Gasteiger partial charge in [-0.1, -0.05) is 46.8 Å². The van der Waals surface area contributed by atoms with Crippen molar-refractivity contribution in [2.45, 2.75) is 57.8 Å². The normalized spacial score (nSPS) is 12.4. The molecule has 0 unspecified atom stereocenters. The number of aryl methyl sites for hydroxylation is 1. The average Bonchev–Trinajstić information content (AvgIpc) is 2.25. The molecule has 2 N–H and O–H groups in total. The summed E-state index contributed by atoms with van der Waals surface area (Å²) in [7, 11) is -3.66. The molecule has 0 radical (unpaired) electrons. The van der Waals surface area contributed by atoms with Crippen LogP contribution >= 0.6 is 0 Å². The van der Waals surface area contributed by atoms with Gasteiger partial charge in [-0.25, -0.2) is 13.6 Å². The van der Waals surface area contributed by atoms with E-state index >= 15 is 0 Å².